The summed E-state index contributed by atoms with van der Waals surface area (Å²) in [4.78, 5) is 16.8. The molecule has 0 saturated carbocycles. The Bertz CT molecular complexity index is 1040. The molecule has 6 heteroatoms. The molecule has 0 aliphatic rings. The summed E-state index contributed by atoms with van der Waals surface area (Å²) in [7, 11) is 0. The highest BCUT2D eigenvalue weighted by Crippen LogP contribution is 2.24. The first-order valence-electron chi connectivity index (χ1n) is 7.02. The molecule has 0 aliphatic heterocycles. The Kier molecular flexibility index (Phi) is 3.20. The third kappa shape index (κ3) is 2.31. The number of hydrogen-bond acceptors (Lipinski definition) is 3. The number of hydrogen-bond donors (Lipinski definition) is 0. The van der Waals surface area contributed by atoms with Crippen LogP contribution in [-0.2, 0) is 0 Å². The van der Waals surface area contributed by atoms with Gasteiger partial charge in [0.15, 0.2) is 5.82 Å². The second-order valence-corrected chi connectivity index (χ2v) is 5.44. The van der Waals surface area contributed by atoms with Crippen LogP contribution in [-0.4, -0.2) is 19.3 Å². The third-order valence-electron chi connectivity index (χ3n) is 3.57. The van der Waals surface area contributed by atoms with E-state index in [4.69, 9.17) is 11.6 Å². The van der Waals surface area contributed by atoms with E-state index in [1.807, 2.05) is 36.4 Å². The quantitative estimate of drug-likeness (QED) is 0.569. The van der Waals surface area contributed by atoms with Crippen molar-refractivity contribution in [1.29, 1.82) is 0 Å². The summed E-state index contributed by atoms with van der Waals surface area (Å²) < 4.78 is 3.13. The number of para-hydroxylation sites is 1. The summed E-state index contributed by atoms with van der Waals surface area (Å²) >= 11 is 6.15. The molecule has 4 aromatic rings. The standard InChI is InChI=1S/C17H11ClN4O/c18-12-7-8-14-15(11-12)22(13-5-2-1-3-6-13)17(23)20-16(14)21-10-4-9-19-21/h1-11H. The van der Waals surface area contributed by atoms with Gasteiger partial charge in [-0.3, -0.25) is 4.57 Å². The van der Waals surface area contributed by atoms with Gasteiger partial charge in [0.05, 0.1) is 11.2 Å². The number of aromatic nitrogens is 4. The molecule has 0 fully saturated rings. The molecule has 4 rings (SSSR count). The van der Waals surface area contributed by atoms with E-state index in [0.717, 1.165) is 11.1 Å². The molecule has 0 N–H and O–H groups in total. The van der Waals surface area contributed by atoms with Crippen molar-refractivity contribution >= 4 is 22.5 Å². The molecular weight excluding hydrogens is 312 g/mol. The van der Waals surface area contributed by atoms with Gasteiger partial charge in [0.25, 0.3) is 0 Å². The second-order valence-electron chi connectivity index (χ2n) is 5.00. The van der Waals surface area contributed by atoms with Crippen molar-refractivity contribution in [3.05, 3.63) is 82.5 Å². The lowest BCUT2D eigenvalue weighted by molar-refractivity contribution is 0.826. The van der Waals surface area contributed by atoms with E-state index >= 15 is 0 Å². The van der Waals surface area contributed by atoms with Gasteiger partial charge in [-0.2, -0.15) is 10.1 Å². The van der Waals surface area contributed by atoms with Crippen LogP contribution in [0.1, 0.15) is 0 Å². The van der Waals surface area contributed by atoms with Crippen molar-refractivity contribution in [1.82, 2.24) is 19.3 Å². The van der Waals surface area contributed by atoms with Gasteiger partial charge in [0.2, 0.25) is 0 Å². The average molecular weight is 323 g/mol. The predicted molar refractivity (Wildman–Crippen MR) is 89.5 cm³/mol. The molecule has 112 valence electrons. The van der Waals surface area contributed by atoms with Gasteiger partial charge in [-0.25, -0.2) is 9.48 Å². The number of fused-ring (bicyclic) bond motifs is 1. The first kappa shape index (κ1) is 13.7. The van der Waals surface area contributed by atoms with E-state index in [1.54, 1.807) is 39.8 Å². The van der Waals surface area contributed by atoms with Crippen LogP contribution >= 0.6 is 11.6 Å². The lowest BCUT2D eigenvalue weighted by Crippen LogP contribution is -2.24. The van der Waals surface area contributed by atoms with Crippen molar-refractivity contribution in [2.45, 2.75) is 0 Å². The Balaban J connectivity index is 2.14. The van der Waals surface area contributed by atoms with E-state index in [0.29, 0.717) is 16.4 Å². The van der Waals surface area contributed by atoms with Crippen LogP contribution in [0, 0.1) is 0 Å². The van der Waals surface area contributed by atoms with Crippen molar-refractivity contribution < 1.29 is 0 Å². The van der Waals surface area contributed by atoms with Gasteiger partial charge in [-0.15, -0.1) is 0 Å². The minimum atomic E-state index is -0.378. The molecule has 2 aromatic carbocycles. The molecule has 0 saturated heterocycles. The Morgan fingerprint density at radius 3 is 2.57 bits per heavy atom. The van der Waals surface area contributed by atoms with Crippen molar-refractivity contribution in [3.8, 4) is 11.5 Å². The number of rotatable bonds is 2. The number of halogens is 1. The molecule has 2 aromatic heterocycles. The maximum atomic E-state index is 12.6. The fourth-order valence-electron chi connectivity index (χ4n) is 2.58. The summed E-state index contributed by atoms with van der Waals surface area (Å²) in [6.07, 6.45) is 3.40. The Morgan fingerprint density at radius 1 is 1.00 bits per heavy atom. The maximum Gasteiger partial charge on any atom is 0.354 e. The highest BCUT2D eigenvalue weighted by atomic mass is 35.5. The van der Waals surface area contributed by atoms with E-state index in [-0.39, 0.29) is 5.69 Å². The first-order valence-corrected chi connectivity index (χ1v) is 7.39. The third-order valence-corrected chi connectivity index (χ3v) is 3.81. The lowest BCUT2D eigenvalue weighted by Gasteiger charge is -2.13. The summed E-state index contributed by atoms with van der Waals surface area (Å²) in [5.74, 6) is 0.485. The zero-order valence-electron chi connectivity index (χ0n) is 11.9. The van der Waals surface area contributed by atoms with Crippen LogP contribution in [0.3, 0.4) is 0 Å². The molecular formula is C17H11ClN4O. The molecule has 0 radical (unpaired) electrons. The van der Waals surface area contributed by atoms with Crippen LogP contribution in [0.5, 0.6) is 0 Å². The van der Waals surface area contributed by atoms with Crippen LogP contribution in [0.2, 0.25) is 5.02 Å². The second kappa shape index (κ2) is 5.37. The Morgan fingerprint density at radius 2 is 1.83 bits per heavy atom. The van der Waals surface area contributed by atoms with Crippen LogP contribution in [0.15, 0.2) is 71.8 Å². The van der Waals surface area contributed by atoms with Gasteiger partial charge in [-0.1, -0.05) is 29.8 Å². The fraction of sp³-hybridized carbons (Fsp3) is 0. The van der Waals surface area contributed by atoms with Gasteiger partial charge >= 0.3 is 5.69 Å². The van der Waals surface area contributed by atoms with Crippen molar-refractivity contribution in [3.63, 3.8) is 0 Å². The molecule has 0 spiro atoms. The zero-order chi connectivity index (χ0) is 15.8. The maximum absolute atomic E-state index is 12.6. The number of nitrogens with zero attached hydrogens (tertiary/aromatic N) is 4. The highest BCUT2D eigenvalue weighted by Gasteiger charge is 2.13. The van der Waals surface area contributed by atoms with E-state index in [9.17, 15) is 4.79 Å². The van der Waals surface area contributed by atoms with Crippen molar-refractivity contribution in [2.24, 2.45) is 0 Å². The van der Waals surface area contributed by atoms with Crippen LogP contribution in [0.25, 0.3) is 22.4 Å². The monoisotopic (exact) mass is 322 g/mol. The van der Waals surface area contributed by atoms with Gasteiger partial charge in [0, 0.05) is 22.8 Å². The predicted octanol–water partition coefficient (Wildman–Crippen LogP) is 3.22. The molecule has 0 aliphatic carbocycles. The zero-order valence-corrected chi connectivity index (χ0v) is 12.7. The normalized spacial score (nSPS) is 11.0. The smallest absolute Gasteiger partial charge is 0.260 e. The first-order chi connectivity index (χ1) is 11.2. The molecule has 0 amide bonds. The Hall–Kier alpha value is -2.92. The van der Waals surface area contributed by atoms with Crippen molar-refractivity contribution in [2.75, 3.05) is 0 Å². The SMILES string of the molecule is O=c1nc(-n2cccn2)c2ccc(Cl)cc2n1-c1ccccc1. The summed E-state index contributed by atoms with van der Waals surface area (Å²) in [5.41, 5.74) is 1.05. The van der Waals surface area contributed by atoms with Crippen LogP contribution < -0.4 is 5.69 Å². The van der Waals surface area contributed by atoms with Gasteiger partial charge in [0.1, 0.15) is 0 Å². The molecule has 0 unspecified atom stereocenters. The van der Waals surface area contributed by atoms with Crippen LogP contribution in [0.4, 0.5) is 0 Å². The topological polar surface area (TPSA) is 52.7 Å². The minimum absolute atomic E-state index is 0.378. The fourth-order valence-corrected chi connectivity index (χ4v) is 2.74. The lowest BCUT2D eigenvalue weighted by atomic mass is 10.2. The summed E-state index contributed by atoms with van der Waals surface area (Å²) in [6.45, 7) is 0. The molecule has 2 heterocycles. The minimum Gasteiger partial charge on any atom is -0.260 e. The number of benzene rings is 2. The van der Waals surface area contributed by atoms with E-state index in [2.05, 4.69) is 10.1 Å². The summed E-state index contributed by atoms with van der Waals surface area (Å²) in [6, 6.07) is 16.5. The summed E-state index contributed by atoms with van der Waals surface area (Å²) in [5, 5.41) is 5.52. The molecule has 0 bridgehead atoms. The largest absolute Gasteiger partial charge is 0.354 e. The Labute approximate surface area is 136 Å². The van der Waals surface area contributed by atoms with Gasteiger partial charge in [-0.05, 0) is 36.4 Å². The average Bonchev–Trinajstić information content (AvgIpc) is 3.09. The van der Waals surface area contributed by atoms with E-state index < -0.39 is 0 Å². The molecule has 0 atom stereocenters. The molecule has 23 heavy (non-hydrogen) atoms. The van der Waals surface area contributed by atoms with Gasteiger partial charge < -0.3 is 0 Å². The highest BCUT2D eigenvalue weighted by molar-refractivity contribution is 6.31. The molecule has 5 nitrogen and oxygen atoms in total. The van der Waals surface area contributed by atoms with E-state index in [1.165, 1.54) is 0 Å².